The Labute approximate surface area is 115 Å². The van der Waals surface area contributed by atoms with E-state index in [4.69, 9.17) is 4.74 Å². The summed E-state index contributed by atoms with van der Waals surface area (Å²) in [5, 5.41) is 15.2. The van der Waals surface area contributed by atoms with Gasteiger partial charge in [0.25, 0.3) is 0 Å². The molecule has 1 atom stereocenters. The first kappa shape index (κ1) is 14.3. The number of aliphatic hydroxyl groups is 1. The van der Waals surface area contributed by atoms with Crippen LogP contribution in [0.4, 0.5) is 0 Å². The molecular weight excluding hydrogens is 242 g/mol. The van der Waals surface area contributed by atoms with Crippen LogP contribution in [0.25, 0.3) is 0 Å². The van der Waals surface area contributed by atoms with Gasteiger partial charge in [0.05, 0.1) is 13.3 Å². The molecule has 1 unspecified atom stereocenters. The van der Waals surface area contributed by atoms with Gasteiger partial charge in [-0.25, -0.2) is 0 Å². The van der Waals surface area contributed by atoms with Crippen molar-refractivity contribution in [3.63, 3.8) is 0 Å². The molecule has 5 heteroatoms. The zero-order valence-corrected chi connectivity index (χ0v) is 12.4. The van der Waals surface area contributed by atoms with E-state index in [2.05, 4.69) is 23.8 Å². The molecule has 108 valence electrons. The molecule has 0 spiro atoms. The fourth-order valence-electron chi connectivity index (χ4n) is 2.99. The van der Waals surface area contributed by atoms with Gasteiger partial charge in [-0.2, -0.15) is 5.10 Å². The number of rotatable bonds is 3. The van der Waals surface area contributed by atoms with E-state index in [1.165, 1.54) is 0 Å². The van der Waals surface area contributed by atoms with Crippen molar-refractivity contribution < 1.29 is 9.84 Å². The summed E-state index contributed by atoms with van der Waals surface area (Å²) in [5.74, 6) is 0.683. The highest BCUT2D eigenvalue weighted by Crippen LogP contribution is 2.37. The van der Waals surface area contributed by atoms with E-state index in [-0.39, 0.29) is 0 Å². The van der Waals surface area contributed by atoms with Crippen molar-refractivity contribution in [1.82, 2.24) is 14.7 Å². The normalized spacial score (nSPS) is 25.6. The highest BCUT2D eigenvalue weighted by molar-refractivity contribution is 5.31. The second-order valence-corrected chi connectivity index (χ2v) is 5.70. The molecule has 0 amide bonds. The van der Waals surface area contributed by atoms with Gasteiger partial charge in [0.1, 0.15) is 11.3 Å². The highest BCUT2D eigenvalue weighted by atomic mass is 16.5. The molecule has 19 heavy (non-hydrogen) atoms. The molecule has 0 bridgehead atoms. The minimum Gasteiger partial charge on any atom is -0.493 e. The Morgan fingerprint density at radius 2 is 2.11 bits per heavy atom. The van der Waals surface area contributed by atoms with Crippen molar-refractivity contribution in [2.24, 2.45) is 7.05 Å². The van der Waals surface area contributed by atoms with Crippen LogP contribution in [0.15, 0.2) is 6.20 Å². The lowest BCUT2D eigenvalue weighted by Crippen LogP contribution is -2.34. The van der Waals surface area contributed by atoms with Gasteiger partial charge in [0.15, 0.2) is 5.75 Å². The van der Waals surface area contributed by atoms with Crippen LogP contribution >= 0.6 is 0 Å². The SMILES string of the molecule is COc1cnn(C)c1C1(O)CCCN(C(C)C)CC1. The van der Waals surface area contributed by atoms with Gasteiger partial charge in [-0.1, -0.05) is 0 Å². The van der Waals surface area contributed by atoms with Crippen LogP contribution < -0.4 is 4.74 Å². The maximum Gasteiger partial charge on any atom is 0.162 e. The molecule has 0 aromatic carbocycles. The van der Waals surface area contributed by atoms with Crippen molar-refractivity contribution in [3.8, 4) is 5.75 Å². The van der Waals surface area contributed by atoms with Gasteiger partial charge in [-0.3, -0.25) is 4.68 Å². The molecule has 2 rings (SSSR count). The van der Waals surface area contributed by atoms with Crippen molar-refractivity contribution in [3.05, 3.63) is 11.9 Å². The van der Waals surface area contributed by atoms with Gasteiger partial charge in [0, 0.05) is 19.6 Å². The van der Waals surface area contributed by atoms with Gasteiger partial charge >= 0.3 is 0 Å². The van der Waals surface area contributed by atoms with Gasteiger partial charge < -0.3 is 14.7 Å². The topological polar surface area (TPSA) is 50.5 Å². The summed E-state index contributed by atoms with van der Waals surface area (Å²) >= 11 is 0. The molecule has 1 aliphatic heterocycles. The lowest BCUT2D eigenvalue weighted by atomic mass is 9.90. The Balaban J connectivity index is 2.25. The van der Waals surface area contributed by atoms with Crippen LogP contribution in [0, 0.1) is 0 Å². The zero-order chi connectivity index (χ0) is 14.0. The van der Waals surface area contributed by atoms with Gasteiger partial charge in [-0.15, -0.1) is 0 Å². The maximum atomic E-state index is 11.0. The van der Waals surface area contributed by atoms with Crippen molar-refractivity contribution in [1.29, 1.82) is 0 Å². The van der Waals surface area contributed by atoms with E-state index in [9.17, 15) is 5.11 Å². The van der Waals surface area contributed by atoms with Crippen LogP contribution in [0.5, 0.6) is 5.75 Å². The standard InChI is InChI=1S/C14H25N3O2/c1-11(2)17-8-5-6-14(18,7-9-17)13-12(19-4)10-15-16(13)3/h10-11,18H,5-9H2,1-4H3. The number of ether oxygens (including phenoxy) is 1. The van der Waals surface area contributed by atoms with Crippen LogP contribution in [0.2, 0.25) is 0 Å². The Morgan fingerprint density at radius 1 is 1.37 bits per heavy atom. The van der Waals surface area contributed by atoms with E-state index in [1.54, 1.807) is 18.0 Å². The number of likely N-dealkylation sites (tertiary alicyclic amines) is 1. The van der Waals surface area contributed by atoms with Crippen LogP contribution in [-0.2, 0) is 12.6 Å². The Kier molecular flexibility index (Phi) is 4.16. The summed E-state index contributed by atoms with van der Waals surface area (Å²) < 4.78 is 7.08. The van der Waals surface area contributed by atoms with Crippen molar-refractivity contribution in [2.75, 3.05) is 20.2 Å². The number of hydrogen-bond donors (Lipinski definition) is 1. The summed E-state index contributed by atoms with van der Waals surface area (Å²) in [6.07, 6.45) is 4.15. The molecule has 0 saturated carbocycles. The van der Waals surface area contributed by atoms with Crippen LogP contribution in [0.3, 0.4) is 0 Å². The van der Waals surface area contributed by atoms with Crippen LogP contribution in [0.1, 0.15) is 38.8 Å². The maximum absolute atomic E-state index is 11.0. The summed E-state index contributed by atoms with van der Waals surface area (Å²) in [5.41, 5.74) is -0.0270. The molecule has 1 aromatic heterocycles. The van der Waals surface area contributed by atoms with E-state index in [0.717, 1.165) is 38.0 Å². The zero-order valence-electron chi connectivity index (χ0n) is 12.4. The lowest BCUT2D eigenvalue weighted by Gasteiger charge is -2.28. The Bertz CT molecular complexity index is 430. The second kappa shape index (κ2) is 5.51. The first-order valence-electron chi connectivity index (χ1n) is 7.01. The molecule has 1 aliphatic rings. The Hall–Kier alpha value is -1.07. The third kappa shape index (κ3) is 2.77. The molecule has 1 fully saturated rings. The number of aryl methyl sites for hydroxylation is 1. The number of methoxy groups -OCH3 is 1. The van der Waals surface area contributed by atoms with Gasteiger partial charge in [-0.05, 0) is 39.7 Å². The Morgan fingerprint density at radius 3 is 2.74 bits per heavy atom. The molecular formula is C14H25N3O2. The molecule has 5 nitrogen and oxygen atoms in total. The van der Waals surface area contributed by atoms with Gasteiger partial charge in [0.2, 0.25) is 0 Å². The summed E-state index contributed by atoms with van der Waals surface area (Å²) in [7, 11) is 3.49. The number of aromatic nitrogens is 2. The monoisotopic (exact) mass is 267 g/mol. The first-order valence-corrected chi connectivity index (χ1v) is 7.01. The average molecular weight is 267 g/mol. The predicted molar refractivity (Wildman–Crippen MR) is 74.2 cm³/mol. The van der Waals surface area contributed by atoms with Crippen molar-refractivity contribution in [2.45, 2.75) is 44.8 Å². The van der Waals surface area contributed by atoms with E-state index < -0.39 is 5.60 Å². The average Bonchev–Trinajstić information content (AvgIpc) is 2.63. The van der Waals surface area contributed by atoms with E-state index in [1.807, 2.05) is 7.05 Å². The molecule has 1 N–H and O–H groups in total. The number of hydrogen-bond acceptors (Lipinski definition) is 4. The summed E-state index contributed by atoms with van der Waals surface area (Å²) in [4.78, 5) is 2.42. The smallest absolute Gasteiger partial charge is 0.162 e. The highest BCUT2D eigenvalue weighted by Gasteiger charge is 2.37. The predicted octanol–water partition coefficient (Wildman–Crippen LogP) is 1.51. The summed E-state index contributed by atoms with van der Waals surface area (Å²) in [6.45, 7) is 6.35. The number of nitrogens with zero attached hydrogens (tertiary/aromatic N) is 3. The molecule has 0 aliphatic carbocycles. The minimum absolute atomic E-state index is 0.524. The van der Waals surface area contributed by atoms with E-state index in [0.29, 0.717) is 11.8 Å². The molecule has 2 heterocycles. The third-order valence-electron chi connectivity index (χ3n) is 4.14. The molecule has 1 saturated heterocycles. The van der Waals surface area contributed by atoms with Crippen LogP contribution in [-0.4, -0.2) is 46.0 Å². The first-order chi connectivity index (χ1) is 8.98. The minimum atomic E-state index is -0.833. The quantitative estimate of drug-likeness (QED) is 0.902. The fourth-order valence-corrected chi connectivity index (χ4v) is 2.99. The fraction of sp³-hybridized carbons (Fsp3) is 0.786. The molecule has 1 aromatic rings. The van der Waals surface area contributed by atoms with Crippen molar-refractivity contribution >= 4 is 0 Å². The molecule has 0 radical (unpaired) electrons. The third-order valence-corrected chi connectivity index (χ3v) is 4.14. The lowest BCUT2D eigenvalue weighted by molar-refractivity contribution is 0.0104. The van der Waals surface area contributed by atoms with E-state index >= 15 is 0 Å². The second-order valence-electron chi connectivity index (χ2n) is 5.70. The summed E-state index contributed by atoms with van der Waals surface area (Å²) in [6, 6.07) is 0.524. The largest absolute Gasteiger partial charge is 0.493 e.